The predicted octanol–water partition coefficient (Wildman–Crippen LogP) is 0.0933. The maximum Gasteiger partial charge on any atom is 0.114 e. The van der Waals surface area contributed by atoms with Crippen molar-refractivity contribution in [1.82, 2.24) is 5.32 Å². The standard InChI is InChI=1S/C7H15NO2/c1-7(2)8-5-6(10-7)3-4-9/h6,8-9H,3-5H2,1-2H3. The summed E-state index contributed by atoms with van der Waals surface area (Å²) in [6.07, 6.45) is 0.927. The van der Waals surface area contributed by atoms with Crippen LogP contribution in [0.25, 0.3) is 0 Å². The first-order valence-corrected chi connectivity index (χ1v) is 3.68. The number of aliphatic hydroxyl groups excluding tert-OH is 1. The van der Waals surface area contributed by atoms with Gasteiger partial charge in [-0.05, 0) is 20.3 Å². The quantitative estimate of drug-likeness (QED) is 0.578. The fraction of sp³-hybridized carbons (Fsp3) is 1.00. The van der Waals surface area contributed by atoms with Crippen molar-refractivity contribution in [2.75, 3.05) is 13.2 Å². The summed E-state index contributed by atoms with van der Waals surface area (Å²) in [5, 5.41) is 11.8. The number of ether oxygens (including phenoxy) is 1. The third kappa shape index (κ3) is 1.94. The molecule has 0 amide bonds. The summed E-state index contributed by atoms with van der Waals surface area (Å²) in [4.78, 5) is 0. The van der Waals surface area contributed by atoms with Crippen LogP contribution in [0.5, 0.6) is 0 Å². The minimum Gasteiger partial charge on any atom is -0.396 e. The summed E-state index contributed by atoms with van der Waals surface area (Å²) < 4.78 is 5.52. The van der Waals surface area contributed by atoms with Crippen molar-refractivity contribution < 1.29 is 9.84 Å². The molecule has 0 spiro atoms. The number of hydrogen-bond acceptors (Lipinski definition) is 3. The molecule has 1 aliphatic heterocycles. The highest BCUT2D eigenvalue weighted by Crippen LogP contribution is 2.16. The Morgan fingerprint density at radius 2 is 2.40 bits per heavy atom. The van der Waals surface area contributed by atoms with Gasteiger partial charge in [0.2, 0.25) is 0 Å². The van der Waals surface area contributed by atoms with E-state index in [2.05, 4.69) is 5.32 Å². The molecule has 1 heterocycles. The highest BCUT2D eigenvalue weighted by molar-refractivity contribution is 4.79. The Kier molecular flexibility index (Phi) is 2.28. The highest BCUT2D eigenvalue weighted by Gasteiger charge is 2.29. The van der Waals surface area contributed by atoms with Crippen LogP contribution in [0.1, 0.15) is 20.3 Å². The second-order valence-electron chi connectivity index (χ2n) is 3.14. The van der Waals surface area contributed by atoms with Crippen molar-refractivity contribution in [2.45, 2.75) is 32.1 Å². The molecule has 0 aromatic carbocycles. The lowest BCUT2D eigenvalue weighted by atomic mass is 10.3. The van der Waals surface area contributed by atoms with Crippen molar-refractivity contribution in [2.24, 2.45) is 0 Å². The third-order valence-corrected chi connectivity index (χ3v) is 1.67. The van der Waals surface area contributed by atoms with E-state index in [1.807, 2.05) is 13.8 Å². The molecular weight excluding hydrogens is 130 g/mol. The number of nitrogens with one attached hydrogen (secondary N) is 1. The Balaban J connectivity index is 2.29. The molecule has 1 saturated heterocycles. The molecule has 0 radical (unpaired) electrons. The van der Waals surface area contributed by atoms with Crippen LogP contribution in [0.2, 0.25) is 0 Å². The lowest BCUT2D eigenvalue weighted by Gasteiger charge is -2.18. The third-order valence-electron chi connectivity index (χ3n) is 1.67. The van der Waals surface area contributed by atoms with Gasteiger partial charge in [-0.25, -0.2) is 0 Å². The van der Waals surface area contributed by atoms with Gasteiger partial charge < -0.3 is 9.84 Å². The van der Waals surface area contributed by atoms with Crippen molar-refractivity contribution >= 4 is 0 Å². The molecule has 10 heavy (non-hydrogen) atoms. The summed E-state index contributed by atoms with van der Waals surface area (Å²) in [6, 6.07) is 0. The number of hydrogen-bond donors (Lipinski definition) is 2. The lowest BCUT2D eigenvalue weighted by molar-refractivity contribution is -0.0303. The fourth-order valence-electron chi connectivity index (χ4n) is 1.16. The Morgan fingerprint density at radius 3 is 2.80 bits per heavy atom. The molecule has 0 aliphatic carbocycles. The van der Waals surface area contributed by atoms with Crippen LogP contribution >= 0.6 is 0 Å². The molecule has 0 aromatic rings. The zero-order valence-corrected chi connectivity index (χ0v) is 6.55. The van der Waals surface area contributed by atoms with Gasteiger partial charge in [0.25, 0.3) is 0 Å². The lowest BCUT2D eigenvalue weighted by Crippen LogP contribution is -2.33. The molecule has 0 aromatic heterocycles. The average Bonchev–Trinajstić information content (AvgIpc) is 2.12. The van der Waals surface area contributed by atoms with Gasteiger partial charge in [-0.15, -0.1) is 0 Å². The number of aliphatic hydroxyl groups is 1. The van der Waals surface area contributed by atoms with Crippen molar-refractivity contribution in [1.29, 1.82) is 0 Å². The minimum atomic E-state index is -0.195. The van der Waals surface area contributed by atoms with E-state index < -0.39 is 0 Å². The first kappa shape index (κ1) is 7.98. The van der Waals surface area contributed by atoms with E-state index in [9.17, 15) is 0 Å². The van der Waals surface area contributed by atoms with Crippen molar-refractivity contribution in [3.8, 4) is 0 Å². The molecule has 60 valence electrons. The zero-order valence-electron chi connectivity index (χ0n) is 6.55. The molecule has 1 aliphatic rings. The van der Waals surface area contributed by atoms with Gasteiger partial charge in [0.05, 0.1) is 6.10 Å². The normalized spacial score (nSPS) is 30.9. The van der Waals surface area contributed by atoms with E-state index in [0.29, 0.717) is 0 Å². The zero-order chi connectivity index (χ0) is 7.61. The summed E-state index contributed by atoms with van der Waals surface area (Å²) in [7, 11) is 0. The molecule has 0 saturated carbocycles. The number of rotatable bonds is 2. The maximum atomic E-state index is 8.59. The molecule has 3 heteroatoms. The summed E-state index contributed by atoms with van der Waals surface area (Å²) in [5.41, 5.74) is -0.195. The maximum absolute atomic E-state index is 8.59. The molecule has 1 unspecified atom stereocenters. The van der Waals surface area contributed by atoms with E-state index in [1.165, 1.54) is 0 Å². The van der Waals surface area contributed by atoms with Crippen LogP contribution in [0.3, 0.4) is 0 Å². The van der Waals surface area contributed by atoms with E-state index in [1.54, 1.807) is 0 Å². The SMILES string of the molecule is CC1(C)NCC(CCO)O1. The van der Waals surface area contributed by atoms with E-state index in [4.69, 9.17) is 9.84 Å². The first-order chi connectivity index (χ1) is 4.64. The predicted molar refractivity (Wildman–Crippen MR) is 38.7 cm³/mol. The molecule has 1 fully saturated rings. The van der Waals surface area contributed by atoms with Crippen LogP contribution in [-0.2, 0) is 4.74 Å². The van der Waals surface area contributed by atoms with Crippen LogP contribution in [-0.4, -0.2) is 30.1 Å². The first-order valence-electron chi connectivity index (χ1n) is 3.68. The largest absolute Gasteiger partial charge is 0.396 e. The molecule has 1 rings (SSSR count). The van der Waals surface area contributed by atoms with Gasteiger partial charge in [0.15, 0.2) is 0 Å². The van der Waals surface area contributed by atoms with Gasteiger partial charge in [-0.3, -0.25) is 5.32 Å². The van der Waals surface area contributed by atoms with Gasteiger partial charge in [-0.2, -0.15) is 0 Å². The fourth-order valence-corrected chi connectivity index (χ4v) is 1.16. The summed E-state index contributed by atoms with van der Waals surface area (Å²) >= 11 is 0. The molecular formula is C7H15NO2. The van der Waals surface area contributed by atoms with Crippen LogP contribution in [0.4, 0.5) is 0 Å². The Bertz CT molecular complexity index is 114. The van der Waals surface area contributed by atoms with E-state index >= 15 is 0 Å². The topological polar surface area (TPSA) is 41.5 Å². The molecule has 1 atom stereocenters. The van der Waals surface area contributed by atoms with E-state index in [0.717, 1.165) is 13.0 Å². The smallest absolute Gasteiger partial charge is 0.114 e. The van der Waals surface area contributed by atoms with Crippen molar-refractivity contribution in [3.05, 3.63) is 0 Å². The van der Waals surface area contributed by atoms with Gasteiger partial charge in [0.1, 0.15) is 5.72 Å². The molecule has 2 N–H and O–H groups in total. The van der Waals surface area contributed by atoms with Crippen LogP contribution < -0.4 is 5.32 Å². The minimum absolute atomic E-state index is 0.194. The van der Waals surface area contributed by atoms with Crippen molar-refractivity contribution in [3.63, 3.8) is 0 Å². The molecule has 0 bridgehead atoms. The van der Waals surface area contributed by atoms with Gasteiger partial charge >= 0.3 is 0 Å². The second-order valence-corrected chi connectivity index (χ2v) is 3.14. The molecule has 3 nitrogen and oxygen atoms in total. The van der Waals surface area contributed by atoms with E-state index in [-0.39, 0.29) is 18.4 Å². The van der Waals surface area contributed by atoms with Gasteiger partial charge in [-0.1, -0.05) is 0 Å². The Hall–Kier alpha value is -0.120. The van der Waals surface area contributed by atoms with Crippen LogP contribution in [0, 0.1) is 0 Å². The monoisotopic (exact) mass is 145 g/mol. The Labute approximate surface area is 61.4 Å². The van der Waals surface area contributed by atoms with Gasteiger partial charge in [0, 0.05) is 13.2 Å². The second kappa shape index (κ2) is 2.86. The summed E-state index contributed by atoms with van der Waals surface area (Å²) in [6.45, 7) is 5.05. The van der Waals surface area contributed by atoms with Crippen LogP contribution in [0.15, 0.2) is 0 Å². The highest BCUT2D eigenvalue weighted by atomic mass is 16.5. The summed E-state index contributed by atoms with van der Waals surface area (Å²) in [5.74, 6) is 0. The Morgan fingerprint density at radius 1 is 1.70 bits per heavy atom. The average molecular weight is 145 g/mol.